The van der Waals surface area contributed by atoms with E-state index in [0.29, 0.717) is 0 Å². The van der Waals surface area contributed by atoms with Crippen molar-refractivity contribution < 1.29 is 19.4 Å². The Labute approximate surface area is 103 Å². The molecule has 1 N–H and O–H groups in total. The predicted octanol–water partition coefficient (Wildman–Crippen LogP) is 1.36. The van der Waals surface area contributed by atoms with Crippen LogP contribution in [0, 0.1) is 11.3 Å². The molecule has 0 radical (unpaired) electrons. The van der Waals surface area contributed by atoms with Gasteiger partial charge in [-0.1, -0.05) is 12.1 Å². The maximum absolute atomic E-state index is 11.7. The molecule has 1 aliphatic heterocycles. The monoisotopic (exact) mass is 246 g/mol. The first-order chi connectivity index (χ1) is 8.56. The van der Waals surface area contributed by atoms with E-state index < -0.39 is 24.2 Å². The van der Waals surface area contributed by atoms with Crippen molar-refractivity contribution in [1.29, 1.82) is 5.26 Å². The second-order valence-corrected chi connectivity index (χ2v) is 3.87. The van der Waals surface area contributed by atoms with E-state index in [0.717, 1.165) is 4.90 Å². The lowest BCUT2D eigenvalue weighted by Gasteiger charge is -2.20. The van der Waals surface area contributed by atoms with Crippen LogP contribution < -0.4 is 4.90 Å². The molecule has 2 rings (SSSR count). The molecule has 6 nitrogen and oxygen atoms in total. The third kappa shape index (κ3) is 1.76. The van der Waals surface area contributed by atoms with Gasteiger partial charge in [0, 0.05) is 0 Å². The highest BCUT2D eigenvalue weighted by Gasteiger charge is 2.45. The molecule has 1 aliphatic rings. The fraction of sp³-hybridized carbons (Fsp3) is 0.250. The number of benzene rings is 1. The van der Waals surface area contributed by atoms with Crippen LogP contribution in [0.4, 0.5) is 10.5 Å². The molecule has 1 heterocycles. The van der Waals surface area contributed by atoms with Gasteiger partial charge in [0.1, 0.15) is 12.2 Å². The van der Waals surface area contributed by atoms with Crippen molar-refractivity contribution in [3.05, 3.63) is 29.8 Å². The van der Waals surface area contributed by atoms with E-state index in [1.165, 1.54) is 19.1 Å². The number of anilines is 1. The van der Waals surface area contributed by atoms with Crippen LogP contribution in [-0.2, 0) is 9.53 Å². The summed E-state index contributed by atoms with van der Waals surface area (Å²) in [6.45, 7) is 1.51. The molecule has 1 aromatic rings. The Kier molecular flexibility index (Phi) is 2.90. The van der Waals surface area contributed by atoms with Crippen molar-refractivity contribution in [2.45, 2.75) is 19.1 Å². The van der Waals surface area contributed by atoms with Gasteiger partial charge in [0.05, 0.1) is 11.3 Å². The van der Waals surface area contributed by atoms with Gasteiger partial charge < -0.3 is 9.84 Å². The average Bonchev–Trinajstić information content (AvgIpc) is 2.64. The second-order valence-electron chi connectivity index (χ2n) is 3.87. The Morgan fingerprint density at radius 2 is 2.17 bits per heavy atom. The third-order valence-electron chi connectivity index (χ3n) is 2.74. The maximum atomic E-state index is 11.7. The molecule has 1 amide bonds. The highest BCUT2D eigenvalue weighted by atomic mass is 16.6. The summed E-state index contributed by atoms with van der Waals surface area (Å²) in [6.07, 6.45) is -1.51. The number of carbonyl (C=O) groups is 2. The van der Waals surface area contributed by atoms with Crippen molar-refractivity contribution in [2.24, 2.45) is 0 Å². The van der Waals surface area contributed by atoms with E-state index in [1.807, 2.05) is 6.07 Å². The largest absolute Gasteiger partial charge is 0.480 e. The van der Waals surface area contributed by atoms with Crippen LogP contribution in [0.25, 0.3) is 0 Å². The Balaban J connectivity index is 2.51. The number of aliphatic carboxylic acids is 1. The molecular weight excluding hydrogens is 236 g/mol. The summed E-state index contributed by atoms with van der Waals surface area (Å²) in [5, 5.41) is 18.1. The normalized spacial score (nSPS) is 22.4. The highest BCUT2D eigenvalue weighted by molar-refractivity contribution is 5.99. The summed E-state index contributed by atoms with van der Waals surface area (Å²) >= 11 is 0. The summed E-state index contributed by atoms with van der Waals surface area (Å²) in [4.78, 5) is 23.9. The molecule has 1 saturated heterocycles. The van der Waals surface area contributed by atoms with E-state index in [4.69, 9.17) is 15.1 Å². The van der Waals surface area contributed by atoms with E-state index >= 15 is 0 Å². The quantitative estimate of drug-likeness (QED) is 0.850. The smallest absolute Gasteiger partial charge is 0.415 e. The SMILES string of the molecule is CC1OC(=O)N(c2ccccc2C#N)C1C(=O)O. The summed E-state index contributed by atoms with van der Waals surface area (Å²) < 4.78 is 4.90. The Bertz CT molecular complexity index is 549. The molecule has 0 bridgehead atoms. The molecule has 0 saturated carbocycles. The zero-order chi connectivity index (χ0) is 13.3. The first-order valence-corrected chi connectivity index (χ1v) is 5.28. The van der Waals surface area contributed by atoms with Gasteiger partial charge in [-0.15, -0.1) is 0 Å². The van der Waals surface area contributed by atoms with Crippen LogP contribution in [0.5, 0.6) is 0 Å². The van der Waals surface area contributed by atoms with Gasteiger partial charge in [-0.3, -0.25) is 4.90 Å². The van der Waals surface area contributed by atoms with Gasteiger partial charge in [-0.05, 0) is 19.1 Å². The fourth-order valence-corrected chi connectivity index (χ4v) is 1.94. The van der Waals surface area contributed by atoms with Crippen molar-refractivity contribution in [3.63, 3.8) is 0 Å². The number of para-hydroxylation sites is 1. The van der Waals surface area contributed by atoms with Gasteiger partial charge in [-0.25, -0.2) is 9.59 Å². The lowest BCUT2D eigenvalue weighted by atomic mass is 10.1. The number of cyclic esters (lactones) is 1. The van der Waals surface area contributed by atoms with Crippen molar-refractivity contribution in [2.75, 3.05) is 4.90 Å². The first-order valence-electron chi connectivity index (χ1n) is 5.28. The van der Waals surface area contributed by atoms with E-state index in [9.17, 15) is 9.59 Å². The molecule has 1 aromatic carbocycles. The Hall–Kier alpha value is -2.55. The third-order valence-corrected chi connectivity index (χ3v) is 2.74. The Morgan fingerprint density at radius 1 is 1.50 bits per heavy atom. The minimum atomic E-state index is -1.17. The van der Waals surface area contributed by atoms with Crippen molar-refractivity contribution in [3.8, 4) is 6.07 Å². The minimum Gasteiger partial charge on any atom is -0.480 e. The number of carbonyl (C=O) groups excluding carboxylic acids is 1. The molecule has 0 aliphatic carbocycles. The van der Waals surface area contributed by atoms with Crippen LogP contribution >= 0.6 is 0 Å². The van der Waals surface area contributed by atoms with Crippen LogP contribution in [0.15, 0.2) is 24.3 Å². The number of hydrogen-bond acceptors (Lipinski definition) is 4. The van der Waals surface area contributed by atoms with Crippen LogP contribution in [-0.4, -0.2) is 29.3 Å². The maximum Gasteiger partial charge on any atom is 0.415 e. The molecule has 0 spiro atoms. The lowest BCUT2D eigenvalue weighted by molar-refractivity contribution is -0.139. The molecule has 2 atom stereocenters. The lowest BCUT2D eigenvalue weighted by Crippen LogP contribution is -2.42. The van der Waals surface area contributed by atoms with E-state index in [1.54, 1.807) is 12.1 Å². The van der Waals surface area contributed by atoms with Gasteiger partial charge in [0.15, 0.2) is 6.04 Å². The van der Waals surface area contributed by atoms with Gasteiger partial charge in [0.25, 0.3) is 0 Å². The molecule has 6 heteroatoms. The zero-order valence-corrected chi connectivity index (χ0v) is 9.53. The fourth-order valence-electron chi connectivity index (χ4n) is 1.94. The van der Waals surface area contributed by atoms with E-state index in [2.05, 4.69) is 0 Å². The van der Waals surface area contributed by atoms with Gasteiger partial charge in [-0.2, -0.15) is 5.26 Å². The number of carboxylic acids is 1. The van der Waals surface area contributed by atoms with Crippen molar-refractivity contribution >= 4 is 17.7 Å². The number of rotatable bonds is 2. The zero-order valence-electron chi connectivity index (χ0n) is 9.53. The first kappa shape index (κ1) is 11.9. The number of carboxylic acid groups (broad SMARTS) is 1. The predicted molar refractivity (Wildman–Crippen MR) is 61.0 cm³/mol. The Morgan fingerprint density at radius 3 is 2.78 bits per heavy atom. The molecule has 0 aromatic heterocycles. The van der Waals surface area contributed by atoms with Crippen LogP contribution in [0.1, 0.15) is 12.5 Å². The van der Waals surface area contributed by atoms with E-state index in [-0.39, 0.29) is 11.3 Å². The average molecular weight is 246 g/mol. The summed E-state index contributed by atoms with van der Waals surface area (Å²) in [5.41, 5.74) is 0.483. The van der Waals surface area contributed by atoms with Crippen LogP contribution in [0.3, 0.4) is 0 Å². The number of amides is 1. The second kappa shape index (κ2) is 4.37. The van der Waals surface area contributed by atoms with Gasteiger partial charge in [0.2, 0.25) is 0 Å². The summed E-state index contributed by atoms with van der Waals surface area (Å²) in [6, 6.07) is 7.12. The number of hydrogen-bond donors (Lipinski definition) is 1. The molecular formula is C12H10N2O4. The molecule has 2 unspecified atom stereocenters. The molecule has 18 heavy (non-hydrogen) atoms. The topological polar surface area (TPSA) is 90.6 Å². The van der Waals surface area contributed by atoms with Gasteiger partial charge >= 0.3 is 12.1 Å². The number of nitriles is 1. The summed E-state index contributed by atoms with van der Waals surface area (Å²) in [7, 11) is 0. The number of nitrogens with zero attached hydrogens (tertiary/aromatic N) is 2. The van der Waals surface area contributed by atoms with Crippen LogP contribution in [0.2, 0.25) is 0 Å². The molecule has 92 valence electrons. The minimum absolute atomic E-state index is 0.231. The van der Waals surface area contributed by atoms with Crippen molar-refractivity contribution in [1.82, 2.24) is 0 Å². The summed E-state index contributed by atoms with van der Waals surface area (Å²) in [5.74, 6) is -1.17. The highest BCUT2D eigenvalue weighted by Crippen LogP contribution is 2.29. The number of ether oxygens (including phenoxy) is 1. The standard InChI is InChI=1S/C12H10N2O4/c1-7-10(11(15)16)14(12(17)18-7)9-5-3-2-4-8(9)6-13/h2-5,7,10H,1H3,(H,15,16). The molecule has 1 fully saturated rings.